The zero-order chi connectivity index (χ0) is 14.5. The molecule has 20 heavy (non-hydrogen) atoms. The number of aromatic nitrogens is 1. The molecule has 0 bridgehead atoms. The first-order valence-electron chi connectivity index (χ1n) is 6.37. The van der Waals surface area contributed by atoms with E-state index in [1.807, 2.05) is 13.0 Å². The van der Waals surface area contributed by atoms with Crippen LogP contribution in [0.4, 0.5) is 0 Å². The summed E-state index contributed by atoms with van der Waals surface area (Å²) in [6, 6.07) is 8.71. The summed E-state index contributed by atoms with van der Waals surface area (Å²) < 4.78 is 0. The second kappa shape index (κ2) is 6.31. The van der Waals surface area contributed by atoms with Crippen LogP contribution in [0, 0.1) is 18.3 Å². The van der Waals surface area contributed by atoms with Gasteiger partial charge >= 0.3 is 0 Å². The number of nitrogens with zero attached hydrogens (tertiary/aromatic N) is 2. The van der Waals surface area contributed by atoms with Crippen molar-refractivity contribution in [3.63, 3.8) is 0 Å². The van der Waals surface area contributed by atoms with Gasteiger partial charge in [0.1, 0.15) is 0 Å². The minimum atomic E-state index is -0.173. The van der Waals surface area contributed by atoms with Crippen LogP contribution in [-0.4, -0.2) is 10.9 Å². The molecule has 0 saturated heterocycles. The molecule has 2 aromatic rings. The number of nitriles is 1. The normalized spacial score (nSPS) is 10.1. The number of carbonyl (C=O) groups is 1. The van der Waals surface area contributed by atoms with Gasteiger partial charge in [-0.2, -0.15) is 5.26 Å². The first-order valence-corrected chi connectivity index (χ1v) is 7.19. The highest BCUT2D eigenvalue weighted by Crippen LogP contribution is 2.18. The van der Waals surface area contributed by atoms with Gasteiger partial charge in [-0.25, -0.2) is 4.98 Å². The van der Waals surface area contributed by atoms with Gasteiger partial charge in [-0.3, -0.25) is 4.79 Å². The summed E-state index contributed by atoms with van der Waals surface area (Å²) in [6.07, 6.45) is 0.906. The van der Waals surface area contributed by atoms with Gasteiger partial charge in [0.2, 0.25) is 0 Å². The highest BCUT2D eigenvalue weighted by atomic mass is 32.1. The zero-order valence-corrected chi connectivity index (χ0v) is 12.3. The second-order valence-corrected chi connectivity index (χ2v) is 5.51. The molecule has 1 amide bonds. The summed E-state index contributed by atoms with van der Waals surface area (Å²) in [4.78, 5) is 17.5. The maximum Gasteiger partial charge on any atom is 0.251 e. The number of hydrogen-bond acceptors (Lipinski definition) is 4. The molecule has 0 spiro atoms. The summed E-state index contributed by atoms with van der Waals surface area (Å²) in [6.45, 7) is 4.49. The van der Waals surface area contributed by atoms with Gasteiger partial charge in [0, 0.05) is 10.4 Å². The molecule has 0 radical (unpaired) electrons. The van der Waals surface area contributed by atoms with E-state index in [9.17, 15) is 4.79 Å². The van der Waals surface area contributed by atoms with Crippen LogP contribution < -0.4 is 5.32 Å². The lowest BCUT2D eigenvalue weighted by Crippen LogP contribution is -2.22. The number of benzene rings is 1. The Labute approximate surface area is 122 Å². The number of aryl methyl sites for hydroxylation is 2. The molecule has 5 heteroatoms. The van der Waals surface area contributed by atoms with Crippen molar-refractivity contribution >= 4 is 17.2 Å². The number of hydrogen-bond donors (Lipinski definition) is 1. The standard InChI is InChI=1S/C15H15N3OS/c1-3-14-18-10(2)13(20-14)9-17-15(19)12-6-4-5-11(7-12)8-16/h4-7H,3,9H2,1-2H3,(H,17,19). The highest BCUT2D eigenvalue weighted by Gasteiger charge is 2.10. The van der Waals surface area contributed by atoms with E-state index in [1.54, 1.807) is 35.6 Å². The van der Waals surface area contributed by atoms with Crippen LogP contribution in [0.15, 0.2) is 24.3 Å². The van der Waals surface area contributed by atoms with E-state index in [4.69, 9.17) is 5.26 Å². The van der Waals surface area contributed by atoms with Crippen LogP contribution in [-0.2, 0) is 13.0 Å². The van der Waals surface area contributed by atoms with Crippen LogP contribution >= 0.6 is 11.3 Å². The van der Waals surface area contributed by atoms with Gasteiger partial charge in [0.25, 0.3) is 5.91 Å². The number of nitrogens with one attached hydrogen (secondary N) is 1. The predicted molar refractivity (Wildman–Crippen MR) is 78.6 cm³/mol. The minimum Gasteiger partial charge on any atom is -0.347 e. The van der Waals surface area contributed by atoms with Crippen LogP contribution in [0.2, 0.25) is 0 Å². The Balaban J connectivity index is 2.04. The highest BCUT2D eigenvalue weighted by molar-refractivity contribution is 7.11. The number of amides is 1. The number of thiazole rings is 1. The fourth-order valence-electron chi connectivity index (χ4n) is 1.80. The van der Waals surface area contributed by atoms with Crippen molar-refractivity contribution in [2.75, 3.05) is 0 Å². The second-order valence-electron chi connectivity index (χ2n) is 4.35. The molecule has 0 aliphatic rings. The van der Waals surface area contributed by atoms with E-state index in [-0.39, 0.29) is 5.91 Å². The van der Waals surface area contributed by atoms with Crippen molar-refractivity contribution in [3.8, 4) is 6.07 Å². The molecule has 0 aliphatic heterocycles. The first kappa shape index (κ1) is 14.2. The molecular weight excluding hydrogens is 270 g/mol. The fraction of sp³-hybridized carbons (Fsp3) is 0.267. The van der Waals surface area contributed by atoms with Gasteiger partial charge in [-0.15, -0.1) is 11.3 Å². The summed E-state index contributed by atoms with van der Waals surface area (Å²) in [5.74, 6) is -0.173. The quantitative estimate of drug-likeness (QED) is 0.939. The van der Waals surface area contributed by atoms with Crippen LogP contribution in [0.5, 0.6) is 0 Å². The average molecular weight is 285 g/mol. The van der Waals surface area contributed by atoms with Crippen LogP contribution in [0.1, 0.15) is 38.4 Å². The molecule has 1 aromatic heterocycles. The number of rotatable bonds is 4. The molecular formula is C15H15N3OS. The van der Waals surface area contributed by atoms with Gasteiger partial charge < -0.3 is 5.32 Å². The lowest BCUT2D eigenvalue weighted by Gasteiger charge is -2.04. The topological polar surface area (TPSA) is 65.8 Å². The van der Waals surface area contributed by atoms with Crippen LogP contribution in [0.25, 0.3) is 0 Å². The molecule has 0 unspecified atom stereocenters. The van der Waals surface area contributed by atoms with Gasteiger partial charge in [0.05, 0.1) is 28.9 Å². The first-order chi connectivity index (χ1) is 9.63. The van der Waals surface area contributed by atoms with E-state index >= 15 is 0 Å². The number of carbonyl (C=O) groups excluding carboxylic acids is 1. The molecule has 0 saturated carbocycles. The Hall–Kier alpha value is -2.19. The molecule has 2 rings (SSSR count). The Kier molecular flexibility index (Phi) is 4.49. The average Bonchev–Trinajstić information content (AvgIpc) is 2.85. The third-order valence-electron chi connectivity index (χ3n) is 2.90. The third kappa shape index (κ3) is 3.22. The maximum absolute atomic E-state index is 12.0. The fourth-order valence-corrected chi connectivity index (χ4v) is 2.75. The largest absolute Gasteiger partial charge is 0.347 e. The van der Waals surface area contributed by atoms with Gasteiger partial charge in [-0.05, 0) is 31.5 Å². The monoisotopic (exact) mass is 285 g/mol. The lowest BCUT2D eigenvalue weighted by molar-refractivity contribution is 0.0951. The molecule has 1 N–H and O–H groups in total. The van der Waals surface area contributed by atoms with Crippen molar-refractivity contribution in [1.29, 1.82) is 5.26 Å². The molecule has 0 aliphatic carbocycles. The van der Waals surface area contributed by atoms with Gasteiger partial charge in [-0.1, -0.05) is 13.0 Å². The van der Waals surface area contributed by atoms with E-state index in [1.165, 1.54) is 0 Å². The summed E-state index contributed by atoms with van der Waals surface area (Å²) >= 11 is 1.63. The predicted octanol–water partition coefficient (Wildman–Crippen LogP) is 2.82. The third-order valence-corrected chi connectivity index (χ3v) is 4.20. The summed E-state index contributed by atoms with van der Waals surface area (Å²) in [5.41, 5.74) is 1.96. The zero-order valence-electron chi connectivity index (χ0n) is 11.4. The maximum atomic E-state index is 12.0. The Bertz CT molecular complexity index is 670. The Morgan fingerprint density at radius 1 is 1.50 bits per heavy atom. The van der Waals surface area contributed by atoms with Crippen LogP contribution in [0.3, 0.4) is 0 Å². The van der Waals surface area contributed by atoms with Crippen molar-refractivity contribution in [3.05, 3.63) is 51.0 Å². The van der Waals surface area contributed by atoms with Crippen molar-refractivity contribution in [2.45, 2.75) is 26.8 Å². The van der Waals surface area contributed by atoms with Crippen molar-refractivity contribution in [1.82, 2.24) is 10.3 Å². The van der Waals surface area contributed by atoms with Gasteiger partial charge in [0.15, 0.2) is 0 Å². The summed E-state index contributed by atoms with van der Waals surface area (Å²) in [7, 11) is 0. The smallest absolute Gasteiger partial charge is 0.251 e. The molecule has 0 fully saturated rings. The molecule has 1 heterocycles. The SMILES string of the molecule is CCc1nc(C)c(CNC(=O)c2cccc(C#N)c2)s1. The van der Waals surface area contributed by atoms with E-state index < -0.39 is 0 Å². The molecule has 102 valence electrons. The summed E-state index contributed by atoms with van der Waals surface area (Å²) in [5, 5.41) is 12.8. The van der Waals surface area contributed by atoms with Crippen molar-refractivity contribution < 1.29 is 4.79 Å². The van der Waals surface area contributed by atoms with Crippen molar-refractivity contribution in [2.24, 2.45) is 0 Å². The minimum absolute atomic E-state index is 0.173. The Morgan fingerprint density at radius 3 is 2.95 bits per heavy atom. The van der Waals surface area contributed by atoms with E-state index in [2.05, 4.69) is 17.2 Å². The van der Waals surface area contributed by atoms with E-state index in [0.29, 0.717) is 17.7 Å². The lowest BCUT2D eigenvalue weighted by atomic mass is 10.1. The molecule has 1 aromatic carbocycles. The molecule has 4 nitrogen and oxygen atoms in total. The Morgan fingerprint density at radius 2 is 2.30 bits per heavy atom. The van der Waals surface area contributed by atoms with E-state index in [0.717, 1.165) is 22.0 Å². The molecule has 0 atom stereocenters.